The maximum Gasteiger partial charge on any atom is 0.187 e. The van der Waals surface area contributed by atoms with E-state index in [1.165, 1.54) is 0 Å². The lowest BCUT2D eigenvalue weighted by Gasteiger charge is -2.49. The van der Waals surface area contributed by atoms with Gasteiger partial charge in [0.15, 0.2) is 18.9 Å². The molecule has 0 bridgehead atoms. The van der Waals surface area contributed by atoms with Crippen LogP contribution >= 0.6 is 0 Å². The van der Waals surface area contributed by atoms with Crippen molar-refractivity contribution in [3.8, 4) is 0 Å². The first kappa shape index (κ1) is 61.9. The highest BCUT2D eigenvalue weighted by atomic mass is 16.8. The molecule has 4 fully saturated rings. The van der Waals surface area contributed by atoms with Crippen LogP contribution in [0.25, 0.3) is 0 Å². The van der Waals surface area contributed by atoms with Crippen LogP contribution in [0.5, 0.6) is 0 Å². The van der Waals surface area contributed by atoms with Gasteiger partial charge in [0.1, 0.15) is 67.1 Å². The van der Waals surface area contributed by atoms with Gasteiger partial charge in [-0.25, -0.2) is 0 Å². The lowest BCUT2D eigenvalue weighted by molar-refractivity contribution is -0.315. The smallest absolute Gasteiger partial charge is 0.187 e. The van der Waals surface area contributed by atoms with E-state index in [-0.39, 0.29) is 6.54 Å². The minimum absolute atomic E-state index is 0.158. The second-order valence-corrected chi connectivity index (χ2v) is 21.9. The minimum Gasteiger partial charge on any atom is -0.394 e. The maximum atomic E-state index is 12.7. The zero-order chi connectivity index (χ0) is 57.2. The predicted octanol–water partition coefficient (Wildman–Crippen LogP) is 0.506. The summed E-state index contributed by atoms with van der Waals surface area (Å²) in [5, 5.41) is 110. The molecule has 19 nitrogen and oxygen atoms in total. The zero-order valence-corrected chi connectivity index (χ0v) is 46.3. The van der Waals surface area contributed by atoms with Gasteiger partial charge in [-0.15, -0.1) is 0 Å². The normalized spacial score (nSPS) is 33.1. The molecule has 1 aliphatic carbocycles. The summed E-state index contributed by atoms with van der Waals surface area (Å²) in [6, 6.07) is 46.2. The molecule has 5 aromatic rings. The summed E-state index contributed by atoms with van der Waals surface area (Å²) in [4.78, 5) is 0. The van der Waals surface area contributed by atoms with Crippen molar-refractivity contribution in [1.29, 1.82) is 0 Å². The Morgan fingerprint density at radius 1 is 0.354 bits per heavy atom. The van der Waals surface area contributed by atoms with Crippen molar-refractivity contribution < 1.29 is 69.3 Å². The molecule has 0 aromatic heterocycles. The SMILES string of the molecule is OC[C@H]1O[C@H](O[C@H]2[C@H](O[C@@H]3O[C@H](CO)[C@@H](O[C@H]4OC(CNCCc5ccccc5)[C@@H](O)[C@H](O)[C@H]4NCCc4ccccc4)[C@H]3O)[C@@H](O)[C@H](NCCc3ccccc3)C[C@@H]2NCCc2ccccc2)[C@H](NCCc2ccccc2)[C@@H](O)[C@@H]1O. The molecule has 0 amide bonds. The van der Waals surface area contributed by atoms with Gasteiger partial charge in [-0.1, -0.05) is 152 Å². The van der Waals surface area contributed by atoms with Crippen LogP contribution in [0.4, 0.5) is 0 Å². The van der Waals surface area contributed by atoms with E-state index in [4.69, 9.17) is 28.4 Å². The summed E-state index contributed by atoms with van der Waals surface area (Å²) in [6.45, 7) is 1.13. The molecule has 1 saturated carbocycles. The van der Waals surface area contributed by atoms with Crippen molar-refractivity contribution in [2.45, 2.75) is 155 Å². The van der Waals surface area contributed by atoms with Crippen molar-refractivity contribution in [2.24, 2.45) is 0 Å². The molecule has 13 N–H and O–H groups in total. The van der Waals surface area contributed by atoms with E-state index in [1.807, 2.05) is 152 Å². The Labute approximate surface area is 480 Å². The molecule has 9 rings (SSSR count). The van der Waals surface area contributed by atoms with E-state index < -0.39 is 129 Å². The monoisotopic (exact) mass is 1140 g/mol. The van der Waals surface area contributed by atoms with Crippen LogP contribution < -0.4 is 26.6 Å². The summed E-state index contributed by atoms with van der Waals surface area (Å²) in [5.41, 5.74) is 5.38. The van der Waals surface area contributed by atoms with E-state index in [2.05, 4.69) is 26.6 Å². The van der Waals surface area contributed by atoms with Gasteiger partial charge in [0.2, 0.25) is 0 Å². The number of ether oxygens (including phenoxy) is 6. The van der Waals surface area contributed by atoms with Gasteiger partial charge in [0.05, 0.1) is 31.4 Å². The molecule has 3 heterocycles. The van der Waals surface area contributed by atoms with Crippen molar-refractivity contribution in [1.82, 2.24) is 26.6 Å². The van der Waals surface area contributed by atoms with Crippen LogP contribution in [0.1, 0.15) is 34.2 Å². The van der Waals surface area contributed by atoms with E-state index in [9.17, 15) is 40.9 Å². The van der Waals surface area contributed by atoms with Gasteiger partial charge in [-0.3, -0.25) is 0 Å². The third kappa shape index (κ3) is 16.6. The third-order valence-electron chi connectivity index (χ3n) is 16.3. The molecule has 0 spiro atoms. The molecule has 82 heavy (non-hydrogen) atoms. The second kappa shape index (κ2) is 31.5. The highest BCUT2D eigenvalue weighted by Crippen LogP contribution is 2.36. The number of rotatable bonds is 29. The van der Waals surface area contributed by atoms with Crippen LogP contribution in [0.2, 0.25) is 0 Å². The number of hydrogen-bond donors (Lipinski definition) is 13. The highest BCUT2D eigenvalue weighted by molar-refractivity contribution is 5.19. The van der Waals surface area contributed by atoms with Crippen LogP contribution in [0.15, 0.2) is 152 Å². The van der Waals surface area contributed by atoms with Crippen molar-refractivity contribution >= 4 is 0 Å². The Morgan fingerprint density at radius 3 is 1.17 bits per heavy atom. The molecule has 1 unspecified atom stereocenters. The fourth-order valence-electron chi connectivity index (χ4n) is 11.6. The Hall–Kier alpha value is -4.66. The number of hydrogen-bond acceptors (Lipinski definition) is 19. The number of nitrogens with one attached hydrogen (secondary N) is 5. The summed E-state index contributed by atoms with van der Waals surface area (Å²) >= 11 is 0. The standard InChI is InChI=1S/C63H85N5O14/c69-38-48-54(73)56(75)51(68-35-30-44-24-14-5-15-25-44)62(78-48)80-58-46(66-33-28-42-20-10-3-11-21-42)36-45(65-32-27-41-18-8-2-9-19-41)52(71)60(58)82-63-57(76)59(49(39-70)79-63)81-61-50(67-34-29-43-22-12-4-13-23-43)55(74)53(72)47(77-61)37-64-31-26-40-16-6-1-7-17-40/h1-25,45-76H,26-39H2/t45-,46+,47?,48-,49-,50-,51-,52+,53-,54-,55-,56-,57-,58-,59-,60-,61-,62-,63+/m1/s1. The molecule has 3 saturated heterocycles. The number of aliphatic hydroxyl groups excluding tert-OH is 8. The first-order valence-electron chi connectivity index (χ1n) is 29.1. The molecule has 5 aromatic carbocycles. The third-order valence-corrected chi connectivity index (χ3v) is 16.3. The van der Waals surface area contributed by atoms with E-state index >= 15 is 0 Å². The number of aliphatic hydroxyl groups is 8. The Morgan fingerprint density at radius 2 is 0.720 bits per heavy atom. The molecular formula is C63H85N5O14. The fourth-order valence-corrected chi connectivity index (χ4v) is 11.6. The van der Waals surface area contributed by atoms with Gasteiger partial charge in [-0.05, 0) is 99.1 Å². The summed E-state index contributed by atoms with van der Waals surface area (Å²) in [6.07, 6.45) is -16.4. The van der Waals surface area contributed by atoms with E-state index in [0.717, 1.165) is 27.8 Å². The van der Waals surface area contributed by atoms with Crippen molar-refractivity contribution in [2.75, 3.05) is 52.5 Å². The van der Waals surface area contributed by atoms with Gasteiger partial charge in [0, 0.05) is 18.6 Å². The van der Waals surface area contributed by atoms with Crippen LogP contribution in [0, 0.1) is 0 Å². The molecule has 19 heteroatoms. The lowest BCUT2D eigenvalue weighted by atomic mass is 9.83. The quantitative estimate of drug-likeness (QED) is 0.0291. The van der Waals surface area contributed by atoms with Gasteiger partial charge < -0.3 is 95.9 Å². The fraction of sp³-hybridized carbons (Fsp3) is 0.524. The highest BCUT2D eigenvalue weighted by Gasteiger charge is 2.56. The van der Waals surface area contributed by atoms with E-state index in [0.29, 0.717) is 71.2 Å². The number of benzene rings is 5. The average Bonchev–Trinajstić information content (AvgIpc) is 4.02. The predicted molar refractivity (Wildman–Crippen MR) is 306 cm³/mol. The summed E-state index contributed by atoms with van der Waals surface area (Å²) in [7, 11) is 0. The van der Waals surface area contributed by atoms with Crippen LogP contribution in [-0.2, 0) is 60.5 Å². The first-order chi connectivity index (χ1) is 40.1. The van der Waals surface area contributed by atoms with E-state index in [1.54, 1.807) is 0 Å². The second-order valence-electron chi connectivity index (χ2n) is 21.9. The van der Waals surface area contributed by atoms with Crippen LogP contribution in [-0.4, -0.2) is 210 Å². The molecule has 4 aliphatic rings. The Bertz CT molecular complexity index is 2560. The Kier molecular flexibility index (Phi) is 23.8. The van der Waals surface area contributed by atoms with Crippen LogP contribution in [0.3, 0.4) is 0 Å². The largest absolute Gasteiger partial charge is 0.394 e. The Balaban J connectivity index is 0.983. The van der Waals surface area contributed by atoms with Gasteiger partial charge >= 0.3 is 0 Å². The average molecular weight is 1140 g/mol. The van der Waals surface area contributed by atoms with Gasteiger partial charge in [-0.2, -0.15) is 0 Å². The maximum absolute atomic E-state index is 12.7. The minimum atomic E-state index is -1.63. The zero-order valence-electron chi connectivity index (χ0n) is 46.3. The van der Waals surface area contributed by atoms with Gasteiger partial charge in [0.25, 0.3) is 0 Å². The first-order valence-corrected chi connectivity index (χ1v) is 29.1. The lowest BCUT2D eigenvalue weighted by Crippen LogP contribution is -2.69. The summed E-state index contributed by atoms with van der Waals surface area (Å²) in [5.74, 6) is 0. The van der Waals surface area contributed by atoms with Crippen molar-refractivity contribution in [3.05, 3.63) is 179 Å². The molecule has 3 aliphatic heterocycles. The molecule has 446 valence electrons. The molecule has 0 radical (unpaired) electrons. The molecular weight excluding hydrogens is 1050 g/mol. The molecule has 19 atom stereocenters. The van der Waals surface area contributed by atoms with Crippen molar-refractivity contribution in [3.63, 3.8) is 0 Å². The summed E-state index contributed by atoms with van der Waals surface area (Å²) < 4.78 is 39.7. The topological polar surface area (TPSA) is 277 Å².